The summed E-state index contributed by atoms with van der Waals surface area (Å²) in [6.45, 7) is 6.47. The van der Waals surface area contributed by atoms with Crippen LogP contribution in [0.15, 0.2) is 24.3 Å². The summed E-state index contributed by atoms with van der Waals surface area (Å²) in [6.07, 6.45) is 0. The number of nitriles is 1. The minimum Gasteiger partial charge on any atom is -0.383 e. The van der Waals surface area contributed by atoms with Gasteiger partial charge in [0.1, 0.15) is 11.9 Å². The molecule has 0 saturated carbocycles. The van der Waals surface area contributed by atoms with Crippen molar-refractivity contribution in [2.75, 3.05) is 5.73 Å². The predicted molar refractivity (Wildman–Crippen MR) is 69.6 cm³/mol. The van der Waals surface area contributed by atoms with Crippen molar-refractivity contribution in [2.45, 2.75) is 26.2 Å². The van der Waals surface area contributed by atoms with E-state index in [0.717, 1.165) is 10.9 Å². The minimum atomic E-state index is 0.0857. The van der Waals surface area contributed by atoms with Gasteiger partial charge in [0.25, 0.3) is 0 Å². The first-order valence-electron chi connectivity index (χ1n) is 5.52. The summed E-state index contributed by atoms with van der Waals surface area (Å²) >= 11 is 0. The van der Waals surface area contributed by atoms with E-state index in [1.165, 1.54) is 5.56 Å². The van der Waals surface area contributed by atoms with Gasteiger partial charge in [0.15, 0.2) is 0 Å². The zero-order valence-corrected chi connectivity index (χ0v) is 10.3. The third kappa shape index (κ3) is 2.07. The number of fused-ring (bicyclic) bond motifs is 1. The molecule has 0 atom stereocenters. The lowest BCUT2D eigenvalue weighted by atomic mass is 9.86. The van der Waals surface area contributed by atoms with Crippen LogP contribution in [0.1, 0.15) is 31.9 Å². The molecule has 2 N–H and O–H groups in total. The van der Waals surface area contributed by atoms with Gasteiger partial charge in [-0.05, 0) is 29.2 Å². The molecule has 1 aromatic heterocycles. The molecular formula is C14H15N3. The Kier molecular flexibility index (Phi) is 2.51. The number of hydrogen-bond donors (Lipinski definition) is 1. The van der Waals surface area contributed by atoms with Gasteiger partial charge in [-0.1, -0.05) is 26.8 Å². The number of benzene rings is 1. The normalized spacial score (nSPS) is 11.4. The van der Waals surface area contributed by atoms with E-state index >= 15 is 0 Å². The molecule has 3 nitrogen and oxygen atoms in total. The highest BCUT2D eigenvalue weighted by Gasteiger charge is 2.14. The molecule has 0 bridgehead atoms. The Morgan fingerprint density at radius 2 is 1.94 bits per heavy atom. The van der Waals surface area contributed by atoms with Crippen molar-refractivity contribution >= 4 is 16.7 Å². The van der Waals surface area contributed by atoms with Gasteiger partial charge in [-0.3, -0.25) is 0 Å². The Labute approximate surface area is 101 Å². The van der Waals surface area contributed by atoms with Gasteiger partial charge in [0.05, 0.1) is 11.1 Å². The van der Waals surface area contributed by atoms with Crippen molar-refractivity contribution < 1.29 is 0 Å². The molecule has 0 aliphatic heterocycles. The summed E-state index contributed by atoms with van der Waals surface area (Å²) in [5.41, 5.74) is 8.26. The van der Waals surface area contributed by atoms with Gasteiger partial charge in [-0.2, -0.15) is 5.26 Å². The molecule has 0 aliphatic carbocycles. The van der Waals surface area contributed by atoms with Crippen LogP contribution in [0.2, 0.25) is 0 Å². The van der Waals surface area contributed by atoms with Crippen molar-refractivity contribution in [3.8, 4) is 6.07 Å². The molecule has 86 valence electrons. The third-order valence-corrected chi connectivity index (χ3v) is 2.83. The molecule has 0 spiro atoms. The zero-order chi connectivity index (χ0) is 12.6. The molecule has 0 fully saturated rings. The number of nitrogen functional groups attached to an aromatic ring is 1. The lowest BCUT2D eigenvalue weighted by Gasteiger charge is -2.19. The quantitative estimate of drug-likeness (QED) is 0.749. The number of nitrogens with zero attached hydrogens (tertiary/aromatic N) is 2. The molecular weight excluding hydrogens is 210 g/mol. The Morgan fingerprint density at radius 1 is 1.24 bits per heavy atom. The molecule has 3 heteroatoms. The number of aromatic nitrogens is 1. The second-order valence-corrected chi connectivity index (χ2v) is 5.19. The number of anilines is 1. The van der Waals surface area contributed by atoms with E-state index < -0.39 is 0 Å². The number of rotatable bonds is 0. The van der Waals surface area contributed by atoms with E-state index in [1.807, 2.05) is 6.07 Å². The van der Waals surface area contributed by atoms with Gasteiger partial charge >= 0.3 is 0 Å². The second-order valence-electron chi connectivity index (χ2n) is 5.19. The van der Waals surface area contributed by atoms with Crippen LogP contribution in [0.4, 0.5) is 5.82 Å². The fraction of sp³-hybridized carbons (Fsp3) is 0.286. The summed E-state index contributed by atoms with van der Waals surface area (Å²) in [6, 6.07) is 9.94. The zero-order valence-electron chi connectivity index (χ0n) is 10.3. The minimum absolute atomic E-state index is 0.0857. The molecule has 17 heavy (non-hydrogen) atoms. The average molecular weight is 225 g/mol. The molecule has 0 saturated heterocycles. The van der Waals surface area contributed by atoms with Crippen molar-refractivity contribution in [1.29, 1.82) is 5.26 Å². The van der Waals surface area contributed by atoms with E-state index in [-0.39, 0.29) is 5.41 Å². The van der Waals surface area contributed by atoms with Crippen LogP contribution in [0, 0.1) is 11.3 Å². The topological polar surface area (TPSA) is 62.7 Å². The highest BCUT2D eigenvalue weighted by atomic mass is 14.8. The average Bonchev–Trinajstić information content (AvgIpc) is 2.26. The summed E-state index contributed by atoms with van der Waals surface area (Å²) in [4.78, 5) is 4.22. The lowest BCUT2D eigenvalue weighted by Crippen LogP contribution is -2.10. The maximum atomic E-state index is 8.94. The van der Waals surface area contributed by atoms with Crippen LogP contribution in [0.3, 0.4) is 0 Å². The number of pyridine rings is 1. The lowest BCUT2D eigenvalue weighted by molar-refractivity contribution is 0.591. The third-order valence-electron chi connectivity index (χ3n) is 2.83. The van der Waals surface area contributed by atoms with E-state index in [0.29, 0.717) is 11.4 Å². The maximum absolute atomic E-state index is 8.94. The molecule has 0 radical (unpaired) electrons. The molecule has 0 unspecified atom stereocenters. The van der Waals surface area contributed by atoms with E-state index in [1.54, 1.807) is 6.07 Å². The van der Waals surface area contributed by atoms with Gasteiger partial charge in [0.2, 0.25) is 0 Å². The molecule has 2 aromatic rings. The fourth-order valence-electron chi connectivity index (χ4n) is 1.75. The Hall–Kier alpha value is -2.08. The van der Waals surface area contributed by atoms with Crippen LogP contribution >= 0.6 is 0 Å². The Balaban J connectivity index is 2.70. The first-order valence-corrected chi connectivity index (χ1v) is 5.52. The first kappa shape index (κ1) is 11.4. The molecule has 1 aromatic carbocycles. The molecule has 0 amide bonds. The monoisotopic (exact) mass is 225 g/mol. The second kappa shape index (κ2) is 3.74. The molecule has 1 heterocycles. The Bertz CT molecular complexity index is 616. The SMILES string of the molecule is CC(C)(C)c1ccc2nc(N)c(C#N)cc2c1. The molecule has 2 rings (SSSR count). The van der Waals surface area contributed by atoms with E-state index in [9.17, 15) is 0 Å². The van der Waals surface area contributed by atoms with E-state index in [4.69, 9.17) is 11.0 Å². The summed E-state index contributed by atoms with van der Waals surface area (Å²) < 4.78 is 0. The maximum Gasteiger partial charge on any atom is 0.142 e. The number of hydrogen-bond acceptors (Lipinski definition) is 3. The molecule has 0 aliphatic rings. The van der Waals surface area contributed by atoms with Crippen molar-refractivity contribution in [3.63, 3.8) is 0 Å². The van der Waals surface area contributed by atoms with Gasteiger partial charge < -0.3 is 5.73 Å². The van der Waals surface area contributed by atoms with Crippen molar-refractivity contribution in [1.82, 2.24) is 4.98 Å². The van der Waals surface area contributed by atoms with Crippen LogP contribution in [-0.4, -0.2) is 4.98 Å². The number of nitrogens with two attached hydrogens (primary N) is 1. The van der Waals surface area contributed by atoms with Crippen molar-refractivity contribution in [2.24, 2.45) is 0 Å². The smallest absolute Gasteiger partial charge is 0.142 e. The van der Waals surface area contributed by atoms with E-state index in [2.05, 4.69) is 44.0 Å². The van der Waals surface area contributed by atoms with Crippen LogP contribution < -0.4 is 5.73 Å². The summed E-state index contributed by atoms with van der Waals surface area (Å²) in [7, 11) is 0. The van der Waals surface area contributed by atoms with Crippen LogP contribution in [0.5, 0.6) is 0 Å². The largest absolute Gasteiger partial charge is 0.383 e. The predicted octanol–water partition coefficient (Wildman–Crippen LogP) is 2.99. The Morgan fingerprint density at radius 3 is 2.53 bits per heavy atom. The first-order chi connectivity index (χ1) is 7.91. The summed E-state index contributed by atoms with van der Waals surface area (Å²) in [5, 5.41) is 9.90. The van der Waals surface area contributed by atoms with Gasteiger partial charge in [-0.15, -0.1) is 0 Å². The van der Waals surface area contributed by atoms with Crippen LogP contribution in [-0.2, 0) is 5.41 Å². The van der Waals surface area contributed by atoms with Gasteiger partial charge in [-0.25, -0.2) is 4.98 Å². The fourth-order valence-corrected chi connectivity index (χ4v) is 1.75. The van der Waals surface area contributed by atoms with Crippen molar-refractivity contribution in [3.05, 3.63) is 35.4 Å². The summed E-state index contributed by atoms with van der Waals surface area (Å²) in [5.74, 6) is 0.295. The highest BCUT2D eigenvalue weighted by Crippen LogP contribution is 2.26. The van der Waals surface area contributed by atoms with Gasteiger partial charge in [0, 0.05) is 5.39 Å². The standard InChI is InChI=1S/C14H15N3/c1-14(2,3)11-4-5-12-9(7-11)6-10(8-15)13(16)17-12/h4-7H,1-3H3,(H2,16,17). The highest BCUT2D eigenvalue weighted by molar-refractivity contribution is 5.83. The van der Waals surface area contributed by atoms with Crippen LogP contribution in [0.25, 0.3) is 10.9 Å².